The van der Waals surface area contributed by atoms with Crippen molar-refractivity contribution < 1.29 is 4.74 Å². The van der Waals surface area contributed by atoms with Crippen molar-refractivity contribution in [1.29, 1.82) is 0 Å². The van der Waals surface area contributed by atoms with Crippen molar-refractivity contribution in [1.82, 2.24) is 9.78 Å². The van der Waals surface area contributed by atoms with Gasteiger partial charge in [-0.25, -0.2) is 0 Å². The van der Waals surface area contributed by atoms with E-state index in [1.807, 2.05) is 29.7 Å². The van der Waals surface area contributed by atoms with Gasteiger partial charge in [0.25, 0.3) is 5.56 Å². The molecule has 4 nitrogen and oxygen atoms in total. The standard InChI is InChI=1S/C19H13ClN2O2S/c1-24-16-11-25-17-5-3-2-4-14(17)19-15(16)10-18(23)22(21-19)13-8-6-12(20)7-9-13/h2-11H,1H3. The third kappa shape index (κ3) is 2.86. The molecule has 25 heavy (non-hydrogen) atoms. The van der Waals surface area contributed by atoms with Crippen molar-refractivity contribution in [3.63, 3.8) is 0 Å². The van der Waals surface area contributed by atoms with E-state index in [4.69, 9.17) is 16.3 Å². The summed E-state index contributed by atoms with van der Waals surface area (Å²) in [5, 5.41) is 7.15. The zero-order valence-electron chi connectivity index (χ0n) is 13.3. The van der Waals surface area contributed by atoms with Crippen molar-refractivity contribution in [2.45, 2.75) is 4.90 Å². The Hall–Kier alpha value is -2.50. The van der Waals surface area contributed by atoms with Gasteiger partial charge in [0.05, 0.1) is 18.4 Å². The maximum absolute atomic E-state index is 12.6. The Morgan fingerprint density at radius 3 is 2.60 bits per heavy atom. The third-order valence-electron chi connectivity index (χ3n) is 3.92. The van der Waals surface area contributed by atoms with Crippen LogP contribution in [-0.2, 0) is 4.74 Å². The van der Waals surface area contributed by atoms with Crippen molar-refractivity contribution in [3.8, 4) is 16.9 Å². The predicted molar refractivity (Wildman–Crippen MR) is 101 cm³/mol. The molecule has 4 rings (SSSR count). The molecule has 1 aliphatic rings. The number of thioether (sulfide) groups is 1. The van der Waals surface area contributed by atoms with Crippen LogP contribution in [-0.4, -0.2) is 16.9 Å². The second kappa shape index (κ2) is 6.43. The summed E-state index contributed by atoms with van der Waals surface area (Å²) in [7, 11) is 1.59. The Labute approximate surface area is 153 Å². The Bertz CT molecular complexity index is 1040. The Morgan fingerprint density at radius 2 is 1.84 bits per heavy atom. The first-order chi connectivity index (χ1) is 12.2. The van der Waals surface area contributed by atoms with E-state index in [0.717, 1.165) is 10.5 Å². The maximum Gasteiger partial charge on any atom is 0.272 e. The largest absolute Gasteiger partial charge is 0.495 e. The van der Waals surface area contributed by atoms with Gasteiger partial charge in [0.1, 0.15) is 11.5 Å². The monoisotopic (exact) mass is 368 g/mol. The van der Waals surface area contributed by atoms with Crippen molar-refractivity contribution >= 4 is 29.1 Å². The van der Waals surface area contributed by atoms with Gasteiger partial charge < -0.3 is 4.74 Å². The fraction of sp³-hybridized carbons (Fsp3) is 0.0526. The van der Waals surface area contributed by atoms with Crippen LogP contribution in [0, 0.1) is 0 Å². The minimum absolute atomic E-state index is 0.228. The molecule has 0 amide bonds. The summed E-state index contributed by atoms with van der Waals surface area (Å²) in [4.78, 5) is 13.7. The smallest absolute Gasteiger partial charge is 0.272 e. The molecule has 2 heterocycles. The number of aromatic nitrogens is 2. The van der Waals surface area contributed by atoms with E-state index in [9.17, 15) is 4.79 Å². The number of fused-ring (bicyclic) bond motifs is 3. The van der Waals surface area contributed by atoms with Gasteiger partial charge in [-0.1, -0.05) is 41.6 Å². The molecule has 0 saturated carbocycles. The molecule has 0 radical (unpaired) electrons. The van der Waals surface area contributed by atoms with Crippen LogP contribution in [0.2, 0.25) is 5.02 Å². The average Bonchev–Trinajstić information content (AvgIpc) is 2.78. The SMILES string of the molecule is COC1=CSc2ccccc2-c2nn(-c3ccc(Cl)cc3)c(=O)cc21. The summed E-state index contributed by atoms with van der Waals surface area (Å²) in [6.45, 7) is 0. The minimum atomic E-state index is -0.228. The van der Waals surface area contributed by atoms with Crippen LogP contribution in [0.4, 0.5) is 0 Å². The summed E-state index contributed by atoms with van der Waals surface area (Å²) in [5.41, 5.74) is 2.80. The maximum atomic E-state index is 12.6. The predicted octanol–water partition coefficient (Wildman–Crippen LogP) is 4.60. The number of hydrogen-bond donors (Lipinski definition) is 0. The first-order valence-electron chi connectivity index (χ1n) is 7.58. The molecule has 124 valence electrons. The lowest BCUT2D eigenvalue weighted by atomic mass is 10.1. The summed E-state index contributed by atoms with van der Waals surface area (Å²) in [6, 6.07) is 16.5. The fourth-order valence-corrected chi connectivity index (χ4v) is 3.75. The van der Waals surface area contributed by atoms with E-state index in [1.165, 1.54) is 4.68 Å². The second-order valence-electron chi connectivity index (χ2n) is 5.43. The third-order valence-corrected chi connectivity index (χ3v) is 5.12. The van der Waals surface area contributed by atoms with Gasteiger partial charge in [0, 0.05) is 27.0 Å². The first kappa shape index (κ1) is 16.0. The number of halogens is 1. The molecule has 6 heteroatoms. The van der Waals surface area contributed by atoms with E-state index < -0.39 is 0 Å². The molecule has 0 aliphatic carbocycles. The van der Waals surface area contributed by atoms with E-state index >= 15 is 0 Å². The van der Waals surface area contributed by atoms with Gasteiger partial charge in [-0.3, -0.25) is 4.79 Å². The van der Waals surface area contributed by atoms with Crippen molar-refractivity contribution in [3.05, 3.63) is 80.9 Å². The normalized spacial score (nSPS) is 12.6. The number of rotatable bonds is 2. The molecule has 0 unspecified atom stereocenters. The van der Waals surface area contributed by atoms with Gasteiger partial charge in [-0.2, -0.15) is 9.78 Å². The summed E-state index contributed by atoms with van der Waals surface area (Å²) in [6.07, 6.45) is 0. The molecule has 3 aromatic rings. The lowest BCUT2D eigenvalue weighted by Gasteiger charge is -2.13. The molecule has 0 spiro atoms. The number of benzene rings is 2. The van der Waals surface area contributed by atoms with Gasteiger partial charge >= 0.3 is 0 Å². The highest BCUT2D eigenvalue weighted by atomic mass is 35.5. The topological polar surface area (TPSA) is 44.1 Å². The highest BCUT2D eigenvalue weighted by molar-refractivity contribution is 8.02. The molecule has 0 fully saturated rings. The number of methoxy groups -OCH3 is 1. The average molecular weight is 369 g/mol. The molecular weight excluding hydrogens is 356 g/mol. The number of ether oxygens (including phenoxy) is 1. The first-order valence-corrected chi connectivity index (χ1v) is 8.84. The number of nitrogens with zero attached hydrogens (tertiary/aromatic N) is 2. The van der Waals surface area contributed by atoms with Crippen molar-refractivity contribution in [2.75, 3.05) is 7.11 Å². The van der Waals surface area contributed by atoms with E-state index in [2.05, 4.69) is 5.10 Å². The number of hydrogen-bond acceptors (Lipinski definition) is 4. The van der Waals surface area contributed by atoms with E-state index in [-0.39, 0.29) is 5.56 Å². The van der Waals surface area contributed by atoms with Gasteiger partial charge in [0.15, 0.2) is 0 Å². The van der Waals surface area contributed by atoms with Gasteiger partial charge in [-0.05, 0) is 30.3 Å². The lowest BCUT2D eigenvalue weighted by Crippen LogP contribution is -2.22. The molecule has 0 N–H and O–H groups in total. The van der Waals surface area contributed by atoms with Crippen LogP contribution in [0.3, 0.4) is 0 Å². The molecule has 1 aromatic heterocycles. The highest BCUT2D eigenvalue weighted by Gasteiger charge is 2.21. The van der Waals surface area contributed by atoms with Crippen LogP contribution < -0.4 is 5.56 Å². The van der Waals surface area contributed by atoms with Crippen LogP contribution in [0.25, 0.3) is 22.7 Å². The fourth-order valence-electron chi connectivity index (χ4n) is 2.71. The van der Waals surface area contributed by atoms with Gasteiger partial charge in [-0.15, -0.1) is 0 Å². The van der Waals surface area contributed by atoms with E-state index in [0.29, 0.717) is 27.7 Å². The molecule has 1 aliphatic heterocycles. The Kier molecular flexibility index (Phi) is 4.11. The molecular formula is C19H13ClN2O2S. The summed E-state index contributed by atoms with van der Waals surface area (Å²) < 4.78 is 6.86. The van der Waals surface area contributed by atoms with Gasteiger partial charge in [0.2, 0.25) is 0 Å². The second-order valence-corrected chi connectivity index (χ2v) is 6.78. The van der Waals surface area contributed by atoms with Crippen LogP contribution >= 0.6 is 23.4 Å². The molecule has 2 aromatic carbocycles. The summed E-state index contributed by atoms with van der Waals surface area (Å²) in [5.74, 6) is 0.629. The Morgan fingerprint density at radius 1 is 1.08 bits per heavy atom. The minimum Gasteiger partial charge on any atom is -0.495 e. The zero-order valence-corrected chi connectivity index (χ0v) is 14.8. The quantitative estimate of drug-likeness (QED) is 0.663. The zero-order chi connectivity index (χ0) is 17.4. The lowest BCUT2D eigenvalue weighted by molar-refractivity contribution is 0.370. The van der Waals surface area contributed by atoms with Crippen LogP contribution in [0.15, 0.2) is 69.7 Å². The molecule has 0 atom stereocenters. The van der Waals surface area contributed by atoms with Crippen LogP contribution in [0.1, 0.15) is 5.56 Å². The van der Waals surface area contributed by atoms with Crippen molar-refractivity contribution in [2.24, 2.45) is 0 Å². The molecule has 0 bridgehead atoms. The Balaban J connectivity index is 2.00. The molecule has 0 saturated heterocycles. The summed E-state index contributed by atoms with van der Waals surface area (Å²) >= 11 is 7.50. The van der Waals surface area contributed by atoms with Crippen LogP contribution in [0.5, 0.6) is 0 Å². The highest BCUT2D eigenvalue weighted by Crippen LogP contribution is 2.39. The van der Waals surface area contributed by atoms with E-state index in [1.54, 1.807) is 49.2 Å².